The zero-order chi connectivity index (χ0) is 8.53. The molecule has 0 spiro atoms. The molecule has 0 saturated heterocycles. The average Bonchev–Trinajstić information content (AvgIpc) is 2.08. The molecule has 0 unspecified atom stereocenters. The van der Waals surface area contributed by atoms with Gasteiger partial charge in [-0.25, -0.2) is 0 Å². The minimum absolute atomic E-state index is 0.938. The minimum atomic E-state index is -1.62. The van der Waals surface area contributed by atoms with E-state index in [9.17, 15) is 0 Å². The third kappa shape index (κ3) is 5.35. The first-order valence-electron chi connectivity index (χ1n) is 2.78. The molecule has 1 rings (SSSR count). The van der Waals surface area contributed by atoms with Gasteiger partial charge in [-0.1, -0.05) is 24.1 Å². The van der Waals surface area contributed by atoms with Crippen molar-refractivity contribution in [3.8, 4) is 12.3 Å². The molecule has 11 heavy (non-hydrogen) atoms. The Bertz CT molecular complexity index is 268. The van der Waals surface area contributed by atoms with E-state index in [1.165, 1.54) is 0 Å². The molecule has 0 saturated carbocycles. The van der Waals surface area contributed by atoms with Crippen LogP contribution in [0.5, 0.6) is 0 Å². The van der Waals surface area contributed by atoms with Crippen molar-refractivity contribution in [2.45, 2.75) is 0 Å². The second kappa shape index (κ2) is 7.01. The van der Waals surface area contributed by atoms with Crippen molar-refractivity contribution in [1.29, 1.82) is 0 Å². The molecule has 0 amide bonds. The van der Waals surface area contributed by atoms with Gasteiger partial charge in [0.1, 0.15) is 0 Å². The molecule has 56 valence electrons. The monoisotopic (exact) mass is 214 g/mol. The molecule has 0 N–H and O–H groups in total. The van der Waals surface area contributed by atoms with Crippen molar-refractivity contribution in [3.05, 3.63) is 35.9 Å². The van der Waals surface area contributed by atoms with Crippen LogP contribution in [-0.2, 0) is 7.67 Å². The summed E-state index contributed by atoms with van der Waals surface area (Å²) in [6.07, 6.45) is 5.10. The quantitative estimate of drug-likeness (QED) is 0.476. The number of hydrogen-bond donors (Lipinski definition) is 0. The molecule has 0 aliphatic rings. The zero-order valence-electron chi connectivity index (χ0n) is 5.69. The van der Waals surface area contributed by atoms with Gasteiger partial charge < -0.3 is 0 Å². The maximum absolute atomic E-state index is 8.44. The van der Waals surface area contributed by atoms with E-state index < -0.39 is 14.8 Å². The molecule has 0 aliphatic carbocycles. The number of hydrogen-bond acceptors (Lipinski definition) is 2. The van der Waals surface area contributed by atoms with Gasteiger partial charge in [0.2, 0.25) is 0 Å². The molecule has 0 heterocycles. The van der Waals surface area contributed by atoms with Gasteiger partial charge in [-0.3, -0.25) is 0 Å². The summed E-state index contributed by atoms with van der Waals surface area (Å²) in [4.78, 5) is 0. The van der Waals surface area contributed by atoms with Crippen LogP contribution in [0.2, 0.25) is 0 Å². The molecule has 2 nitrogen and oxygen atoms in total. The third-order valence-corrected chi connectivity index (χ3v) is 0.940. The summed E-state index contributed by atoms with van der Waals surface area (Å²) in [5.41, 5.74) is 0.938. The van der Waals surface area contributed by atoms with Crippen LogP contribution in [0.3, 0.4) is 0 Å². The van der Waals surface area contributed by atoms with E-state index >= 15 is 0 Å². The summed E-state index contributed by atoms with van der Waals surface area (Å²) in [5, 5.41) is 0. The van der Waals surface area contributed by atoms with Crippen LogP contribution in [0.25, 0.3) is 0 Å². The van der Waals surface area contributed by atoms with Crippen LogP contribution in [0.1, 0.15) is 5.56 Å². The van der Waals surface area contributed by atoms with E-state index in [4.69, 9.17) is 14.1 Å². The fourth-order valence-corrected chi connectivity index (χ4v) is 0.534. The van der Waals surface area contributed by atoms with Gasteiger partial charge in [0.05, 0.1) is 0 Å². The Kier molecular flexibility index (Phi) is 6.31. The zero-order valence-corrected chi connectivity index (χ0v) is 7.40. The van der Waals surface area contributed by atoms with E-state index in [2.05, 4.69) is 5.92 Å². The summed E-state index contributed by atoms with van der Waals surface area (Å²) >= 11 is -1.62. The third-order valence-electron chi connectivity index (χ3n) is 0.940. The summed E-state index contributed by atoms with van der Waals surface area (Å²) < 4.78 is 16.9. The van der Waals surface area contributed by atoms with Crippen LogP contribution in [0.4, 0.5) is 0 Å². The molecular weight excluding hydrogens is 207 g/mol. The normalized spacial score (nSPS) is 6.82. The fourth-order valence-electron chi connectivity index (χ4n) is 0.534. The van der Waals surface area contributed by atoms with E-state index in [-0.39, 0.29) is 0 Å². The molecule has 0 aromatic heterocycles. The fraction of sp³-hybridized carbons (Fsp3) is 0. The van der Waals surface area contributed by atoms with Crippen LogP contribution in [-0.4, -0.2) is 14.8 Å². The number of benzene rings is 1. The Balaban J connectivity index is 0.000000292. The number of terminal acetylenes is 1. The van der Waals surface area contributed by atoms with Gasteiger partial charge in [-0.2, -0.15) is 0 Å². The Morgan fingerprint density at radius 1 is 1.18 bits per heavy atom. The second-order valence-corrected chi connectivity index (χ2v) is 1.86. The Morgan fingerprint density at radius 3 is 1.91 bits per heavy atom. The molecule has 1 aromatic carbocycles. The summed E-state index contributed by atoms with van der Waals surface area (Å²) in [6.45, 7) is 0. The first kappa shape index (κ1) is 9.90. The van der Waals surface area contributed by atoms with Crippen molar-refractivity contribution in [2.24, 2.45) is 0 Å². The van der Waals surface area contributed by atoms with Gasteiger partial charge in [-0.15, -0.1) is 6.42 Å². The molecule has 0 aliphatic heterocycles. The van der Waals surface area contributed by atoms with Gasteiger partial charge in [0, 0.05) is 5.56 Å². The summed E-state index contributed by atoms with van der Waals surface area (Å²) in [5.74, 6) is 2.53. The Hall–Kier alpha value is -1.10. The molecule has 0 atom stereocenters. The van der Waals surface area contributed by atoms with Gasteiger partial charge in [-0.05, 0) is 12.1 Å². The van der Waals surface area contributed by atoms with Crippen molar-refractivity contribution in [3.63, 3.8) is 0 Å². The molecule has 1 aromatic rings. The van der Waals surface area contributed by atoms with Crippen LogP contribution in [0, 0.1) is 12.3 Å². The average molecular weight is 213 g/mol. The van der Waals surface area contributed by atoms with Crippen molar-refractivity contribution in [1.82, 2.24) is 0 Å². The standard InChI is InChI=1S/C8H6.O2Se/c1-2-8-6-4-3-5-7-8;1-3-2/h1,3-7H;. The molecule has 0 bridgehead atoms. The van der Waals surface area contributed by atoms with Crippen molar-refractivity contribution >= 4 is 14.8 Å². The predicted octanol–water partition coefficient (Wildman–Crippen LogP) is 1.05. The molecule has 0 fully saturated rings. The Morgan fingerprint density at radius 2 is 1.64 bits per heavy atom. The number of rotatable bonds is 0. The van der Waals surface area contributed by atoms with Crippen LogP contribution in [0.15, 0.2) is 30.3 Å². The topological polar surface area (TPSA) is 34.1 Å². The molecule has 3 heteroatoms. The van der Waals surface area contributed by atoms with Crippen LogP contribution >= 0.6 is 0 Å². The van der Waals surface area contributed by atoms with Crippen molar-refractivity contribution < 1.29 is 7.67 Å². The van der Waals surface area contributed by atoms with Gasteiger partial charge >= 0.3 is 22.5 Å². The van der Waals surface area contributed by atoms with Gasteiger partial charge in [0.25, 0.3) is 0 Å². The van der Waals surface area contributed by atoms with Gasteiger partial charge in [0.15, 0.2) is 0 Å². The first-order chi connectivity index (χ1) is 5.35. The van der Waals surface area contributed by atoms with Crippen LogP contribution < -0.4 is 0 Å². The van der Waals surface area contributed by atoms with E-state index in [0.717, 1.165) is 5.56 Å². The molecular formula is C8H6O2Se. The predicted molar refractivity (Wildman–Crippen MR) is 41.5 cm³/mol. The molecule has 0 radical (unpaired) electrons. The first-order valence-corrected chi connectivity index (χ1v) is 4.18. The summed E-state index contributed by atoms with van der Waals surface area (Å²) in [6, 6.07) is 9.60. The SMILES string of the molecule is C#Cc1ccccc1.O=[Se]=O. The van der Waals surface area contributed by atoms with Crippen molar-refractivity contribution in [2.75, 3.05) is 0 Å². The van der Waals surface area contributed by atoms with E-state index in [1.807, 2.05) is 30.3 Å². The van der Waals surface area contributed by atoms with E-state index in [1.54, 1.807) is 0 Å². The second-order valence-electron chi connectivity index (χ2n) is 1.58. The maximum atomic E-state index is 8.44. The van der Waals surface area contributed by atoms with E-state index in [0.29, 0.717) is 0 Å². The summed E-state index contributed by atoms with van der Waals surface area (Å²) in [7, 11) is 0. The Labute approximate surface area is 71.2 Å².